The molecule has 1 atom stereocenters. The molecule has 2 aliphatic heterocycles. The van der Waals surface area contributed by atoms with Crippen LogP contribution < -0.4 is 0 Å². The molecule has 0 bridgehead atoms. The van der Waals surface area contributed by atoms with Gasteiger partial charge in [0.2, 0.25) is 5.91 Å². The zero-order valence-corrected chi connectivity index (χ0v) is 16.0. The van der Waals surface area contributed by atoms with Crippen LogP contribution in [-0.2, 0) is 21.4 Å². The molecule has 4 rings (SSSR count). The van der Waals surface area contributed by atoms with Crippen LogP contribution in [0.4, 0.5) is 0 Å². The Morgan fingerprint density at radius 1 is 1.00 bits per heavy atom. The van der Waals surface area contributed by atoms with E-state index in [9.17, 15) is 14.7 Å². The van der Waals surface area contributed by atoms with E-state index >= 15 is 0 Å². The van der Waals surface area contributed by atoms with Crippen LogP contribution in [0.15, 0.2) is 54.6 Å². The van der Waals surface area contributed by atoms with E-state index in [1.165, 1.54) is 5.56 Å². The average Bonchev–Trinajstić information content (AvgIpc) is 2.73. The quantitative estimate of drug-likeness (QED) is 0.881. The van der Waals surface area contributed by atoms with E-state index in [2.05, 4.69) is 12.1 Å². The van der Waals surface area contributed by atoms with E-state index in [4.69, 9.17) is 0 Å². The summed E-state index contributed by atoms with van der Waals surface area (Å²) in [5.41, 5.74) is 2.32. The Balaban J connectivity index is 1.53. The number of carboxylic acids is 1. The molecule has 2 aliphatic rings. The smallest absolute Gasteiger partial charge is 0.314 e. The van der Waals surface area contributed by atoms with E-state index in [0.717, 1.165) is 23.3 Å². The van der Waals surface area contributed by atoms with Crippen molar-refractivity contribution in [1.82, 2.24) is 4.90 Å². The van der Waals surface area contributed by atoms with Gasteiger partial charge in [-0.25, -0.2) is 0 Å². The second kappa shape index (κ2) is 7.39. The number of carbonyl (C=O) groups excluding carboxylic acids is 1. The molecule has 2 aromatic rings. The van der Waals surface area contributed by atoms with Gasteiger partial charge in [-0.05, 0) is 41.7 Å². The predicted octanol–water partition coefficient (Wildman–Crippen LogP) is 3.66. The maximum absolute atomic E-state index is 13.2. The van der Waals surface area contributed by atoms with Crippen molar-refractivity contribution in [3.63, 3.8) is 0 Å². The number of aryl methyl sites for hydroxylation is 1. The lowest BCUT2D eigenvalue weighted by Crippen LogP contribution is -2.50. The first-order chi connectivity index (χ1) is 13.1. The molecule has 4 nitrogen and oxygen atoms in total. The fourth-order valence-corrected chi connectivity index (χ4v) is 5.53. The first-order valence-corrected chi connectivity index (χ1v) is 10.4. The van der Waals surface area contributed by atoms with Crippen molar-refractivity contribution in [3.05, 3.63) is 71.3 Å². The topological polar surface area (TPSA) is 57.6 Å². The molecule has 0 aromatic heterocycles. The van der Waals surface area contributed by atoms with E-state index < -0.39 is 11.4 Å². The Morgan fingerprint density at radius 2 is 1.67 bits per heavy atom. The predicted molar refractivity (Wildman–Crippen MR) is 107 cm³/mol. The summed E-state index contributed by atoms with van der Waals surface area (Å²) in [7, 11) is 0. The van der Waals surface area contributed by atoms with Crippen molar-refractivity contribution in [3.8, 4) is 0 Å². The molecule has 1 fully saturated rings. The van der Waals surface area contributed by atoms with Crippen LogP contribution in [-0.4, -0.2) is 40.7 Å². The number of thioether (sulfide) groups is 1. The average molecular weight is 381 g/mol. The third kappa shape index (κ3) is 3.25. The molecule has 5 heteroatoms. The Bertz CT molecular complexity index is 844. The van der Waals surface area contributed by atoms with Crippen LogP contribution >= 0.6 is 11.8 Å². The SMILES string of the molecule is O=C(C1SCCc2ccccc21)N1CCC(C(=O)O)(c2ccccc2)CC1. The van der Waals surface area contributed by atoms with Crippen LogP contribution in [0.1, 0.15) is 34.8 Å². The van der Waals surface area contributed by atoms with Crippen molar-refractivity contribution in [1.29, 1.82) is 0 Å². The Kier molecular flexibility index (Phi) is 4.96. The van der Waals surface area contributed by atoms with E-state index in [1.807, 2.05) is 47.4 Å². The number of rotatable bonds is 3. The largest absolute Gasteiger partial charge is 0.481 e. The fraction of sp³-hybridized carbons (Fsp3) is 0.364. The zero-order valence-electron chi connectivity index (χ0n) is 15.1. The Labute approximate surface area is 163 Å². The summed E-state index contributed by atoms with van der Waals surface area (Å²) < 4.78 is 0. The third-order valence-electron chi connectivity index (χ3n) is 5.88. The normalized spacial score (nSPS) is 21.3. The second-order valence-corrected chi connectivity index (χ2v) is 8.49. The monoisotopic (exact) mass is 381 g/mol. The van der Waals surface area contributed by atoms with Gasteiger partial charge in [0, 0.05) is 13.1 Å². The van der Waals surface area contributed by atoms with Gasteiger partial charge in [0.25, 0.3) is 0 Å². The maximum atomic E-state index is 13.2. The van der Waals surface area contributed by atoms with Crippen LogP contribution in [0.3, 0.4) is 0 Å². The first kappa shape index (κ1) is 18.1. The van der Waals surface area contributed by atoms with Gasteiger partial charge < -0.3 is 10.0 Å². The molecular weight excluding hydrogens is 358 g/mol. The van der Waals surface area contributed by atoms with Gasteiger partial charge in [-0.3, -0.25) is 9.59 Å². The summed E-state index contributed by atoms with van der Waals surface area (Å²) in [5, 5.41) is 9.78. The van der Waals surface area contributed by atoms with E-state index in [-0.39, 0.29) is 11.2 Å². The number of carbonyl (C=O) groups is 2. The van der Waals surface area contributed by atoms with Crippen LogP contribution in [0.2, 0.25) is 0 Å². The van der Waals surface area contributed by atoms with E-state index in [0.29, 0.717) is 25.9 Å². The van der Waals surface area contributed by atoms with Gasteiger partial charge in [0.15, 0.2) is 0 Å². The number of likely N-dealkylation sites (tertiary alicyclic amines) is 1. The second-order valence-electron chi connectivity index (χ2n) is 7.28. The fourth-order valence-electron chi connectivity index (χ4n) is 4.26. The number of nitrogens with zero attached hydrogens (tertiary/aromatic N) is 1. The van der Waals surface area contributed by atoms with Gasteiger partial charge in [-0.1, -0.05) is 54.6 Å². The Hall–Kier alpha value is -2.27. The number of fused-ring (bicyclic) bond motifs is 1. The van der Waals surface area contributed by atoms with Crippen LogP contribution in [0, 0.1) is 0 Å². The van der Waals surface area contributed by atoms with Crippen molar-refractivity contribution in [2.75, 3.05) is 18.8 Å². The van der Waals surface area contributed by atoms with Crippen molar-refractivity contribution < 1.29 is 14.7 Å². The Morgan fingerprint density at radius 3 is 2.37 bits per heavy atom. The first-order valence-electron chi connectivity index (χ1n) is 9.39. The minimum absolute atomic E-state index is 0.124. The van der Waals surface area contributed by atoms with Crippen LogP contribution in [0.5, 0.6) is 0 Å². The number of hydrogen-bond acceptors (Lipinski definition) is 3. The van der Waals surface area contributed by atoms with Crippen LogP contribution in [0.25, 0.3) is 0 Å². The highest BCUT2D eigenvalue weighted by atomic mass is 32.2. The summed E-state index contributed by atoms with van der Waals surface area (Å²) in [5.74, 6) is 0.280. The molecule has 140 valence electrons. The summed E-state index contributed by atoms with van der Waals surface area (Å²) in [4.78, 5) is 27.2. The molecular formula is C22H23NO3S. The molecule has 0 radical (unpaired) electrons. The molecule has 1 saturated heterocycles. The van der Waals surface area contributed by atoms with Crippen molar-refractivity contribution >= 4 is 23.6 Å². The van der Waals surface area contributed by atoms with E-state index in [1.54, 1.807) is 11.8 Å². The molecule has 0 aliphatic carbocycles. The highest BCUT2D eigenvalue weighted by Crippen LogP contribution is 2.41. The molecule has 0 saturated carbocycles. The lowest BCUT2D eigenvalue weighted by Gasteiger charge is -2.40. The minimum atomic E-state index is -0.893. The molecule has 1 unspecified atom stereocenters. The van der Waals surface area contributed by atoms with Gasteiger partial charge >= 0.3 is 5.97 Å². The number of piperidine rings is 1. The highest BCUT2D eigenvalue weighted by Gasteiger charge is 2.44. The molecule has 1 amide bonds. The van der Waals surface area contributed by atoms with Gasteiger partial charge in [-0.15, -0.1) is 11.8 Å². The van der Waals surface area contributed by atoms with Crippen molar-refractivity contribution in [2.45, 2.75) is 29.9 Å². The number of carboxylic acid groups (broad SMARTS) is 1. The molecule has 1 N–H and O–H groups in total. The van der Waals surface area contributed by atoms with Gasteiger partial charge in [-0.2, -0.15) is 0 Å². The summed E-state index contributed by atoms with van der Waals surface area (Å²) in [6.07, 6.45) is 1.91. The molecule has 2 heterocycles. The number of amides is 1. The number of hydrogen-bond donors (Lipinski definition) is 1. The lowest BCUT2D eigenvalue weighted by atomic mass is 9.72. The summed E-state index contributed by atoms with van der Waals surface area (Å²) in [6, 6.07) is 17.6. The van der Waals surface area contributed by atoms with Gasteiger partial charge in [0.1, 0.15) is 5.25 Å². The minimum Gasteiger partial charge on any atom is -0.481 e. The third-order valence-corrected chi connectivity index (χ3v) is 7.11. The standard InChI is InChI=1S/C22H23NO3S/c24-20(19-18-9-5-4-6-16(18)10-15-27-19)23-13-11-22(12-14-23,21(25)26)17-7-2-1-3-8-17/h1-9,19H,10-15H2,(H,25,26). The molecule has 0 spiro atoms. The highest BCUT2D eigenvalue weighted by molar-refractivity contribution is 8.00. The lowest BCUT2D eigenvalue weighted by molar-refractivity contribution is -0.148. The summed E-state index contributed by atoms with van der Waals surface area (Å²) in [6.45, 7) is 0.971. The maximum Gasteiger partial charge on any atom is 0.314 e. The molecule has 2 aromatic carbocycles. The van der Waals surface area contributed by atoms with Gasteiger partial charge in [0.05, 0.1) is 5.41 Å². The van der Waals surface area contributed by atoms with Crippen molar-refractivity contribution in [2.24, 2.45) is 0 Å². The number of aliphatic carboxylic acids is 1. The zero-order chi connectivity index (χ0) is 18.9. The molecule has 27 heavy (non-hydrogen) atoms. The number of benzene rings is 2. The summed E-state index contributed by atoms with van der Waals surface area (Å²) >= 11 is 1.70.